The molecule has 0 bridgehead atoms. The quantitative estimate of drug-likeness (QED) is 0.884. The van der Waals surface area contributed by atoms with Crippen LogP contribution in [-0.4, -0.2) is 5.11 Å². The van der Waals surface area contributed by atoms with Crippen molar-refractivity contribution in [3.05, 3.63) is 69.2 Å². The van der Waals surface area contributed by atoms with E-state index in [-0.39, 0.29) is 10.0 Å². The van der Waals surface area contributed by atoms with Crippen LogP contribution in [0.25, 0.3) is 0 Å². The monoisotopic (exact) mass is 312 g/mol. The second kappa shape index (κ2) is 5.16. The summed E-state index contributed by atoms with van der Waals surface area (Å²) in [6.45, 7) is 1.82. The smallest absolute Gasteiger partial charge is 0.137 e. The first-order chi connectivity index (χ1) is 8.49. The first-order valence-electron chi connectivity index (χ1n) is 5.38. The highest BCUT2D eigenvalue weighted by molar-refractivity contribution is 9.10. The largest absolute Gasteiger partial charge is 0.384 e. The third-order valence-corrected chi connectivity index (χ3v) is 3.31. The Balaban J connectivity index is 2.44. The van der Waals surface area contributed by atoms with E-state index in [0.29, 0.717) is 5.56 Å². The van der Waals surface area contributed by atoms with E-state index in [9.17, 15) is 13.9 Å². The molecule has 2 aromatic carbocycles. The highest BCUT2D eigenvalue weighted by Gasteiger charge is 2.16. The fourth-order valence-electron chi connectivity index (χ4n) is 1.73. The van der Waals surface area contributed by atoms with E-state index in [1.54, 1.807) is 12.1 Å². The Bertz CT molecular complexity index is 584. The van der Waals surface area contributed by atoms with Gasteiger partial charge in [0.15, 0.2) is 0 Å². The van der Waals surface area contributed by atoms with Gasteiger partial charge in [-0.25, -0.2) is 8.78 Å². The van der Waals surface area contributed by atoms with Gasteiger partial charge in [0.25, 0.3) is 0 Å². The number of benzene rings is 2. The molecule has 1 N–H and O–H groups in total. The zero-order valence-corrected chi connectivity index (χ0v) is 11.2. The Morgan fingerprint density at radius 3 is 2.39 bits per heavy atom. The van der Waals surface area contributed by atoms with Crippen molar-refractivity contribution in [3.8, 4) is 0 Å². The fourth-order valence-corrected chi connectivity index (χ4v) is 2.13. The minimum Gasteiger partial charge on any atom is -0.384 e. The average molecular weight is 313 g/mol. The van der Waals surface area contributed by atoms with Gasteiger partial charge in [-0.2, -0.15) is 0 Å². The second-order valence-electron chi connectivity index (χ2n) is 4.10. The van der Waals surface area contributed by atoms with E-state index in [1.807, 2.05) is 6.92 Å². The standard InChI is InChI=1S/C14H11BrF2O/c1-8-2-4-12(16)10(6-8)14(18)9-3-5-13(17)11(15)7-9/h2-7,14,18H,1H3. The molecule has 2 rings (SSSR count). The van der Waals surface area contributed by atoms with E-state index in [1.165, 1.54) is 24.3 Å². The van der Waals surface area contributed by atoms with Crippen LogP contribution < -0.4 is 0 Å². The van der Waals surface area contributed by atoms with Crippen molar-refractivity contribution in [1.29, 1.82) is 0 Å². The number of rotatable bonds is 2. The van der Waals surface area contributed by atoms with Crippen molar-refractivity contribution >= 4 is 15.9 Å². The summed E-state index contributed by atoms with van der Waals surface area (Å²) in [6.07, 6.45) is -1.11. The fraction of sp³-hybridized carbons (Fsp3) is 0.143. The number of hydrogen-bond donors (Lipinski definition) is 1. The summed E-state index contributed by atoms with van der Waals surface area (Å²) in [5.41, 5.74) is 1.48. The molecule has 0 saturated heterocycles. The maximum absolute atomic E-state index is 13.6. The second-order valence-corrected chi connectivity index (χ2v) is 4.96. The maximum atomic E-state index is 13.6. The van der Waals surface area contributed by atoms with Crippen molar-refractivity contribution in [2.45, 2.75) is 13.0 Å². The van der Waals surface area contributed by atoms with Crippen molar-refractivity contribution in [2.75, 3.05) is 0 Å². The van der Waals surface area contributed by atoms with Gasteiger partial charge in [0.05, 0.1) is 4.47 Å². The summed E-state index contributed by atoms with van der Waals surface area (Å²) in [7, 11) is 0. The topological polar surface area (TPSA) is 20.2 Å². The Morgan fingerprint density at radius 1 is 1.06 bits per heavy atom. The van der Waals surface area contributed by atoms with Crippen molar-refractivity contribution in [1.82, 2.24) is 0 Å². The molecule has 18 heavy (non-hydrogen) atoms. The molecule has 0 heterocycles. The van der Waals surface area contributed by atoms with Gasteiger partial charge >= 0.3 is 0 Å². The highest BCUT2D eigenvalue weighted by Crippen LogP contribution is 2.28. The van der Waals surface area contributed by atoms with E-state index in [0.717, 1.165) is 5.56 Å². The molecular formula is C14H11BrF2O. The first-order valence-corrected chi connectivity index (χ1v) is 6.17. The Morgan fingerprint density at radius 2 is 1.72 bits per heavy atom. The lowest BCUT2D eigenvalue weighted by Gasteiger charge is -2.13. The molecule has 0 fully saturated rings. The molecule has 1 atom stereocenters. The Kier molecular flexibility index (Phi) is 3.78. The van der Waals surface area contributed by atoms with Gasteiger partial charge in [-0.05, 0) is 46.6 Å². The lowest BCUT2D eigenvalue weighted by atomic mass is 9.99. The van der Waals surface area contributed by atoms with E-state index in [2.05, 4.69) is 15.9 Å². The molecule has 0 aliphatic carbocycles. The molecule has 94 valence electrons. The SMILES string of the molecule is Cc1ccc(F)c(C(O)c2ccc(F)c(Br)c2)c1. The summed E-state index contributed by atoms with van der Waals surface area (Å²) < 4.78 is 27.0. The molecule has 0 radical (unpaired) electrons. The zero-order chi connectivity index (χ0) is 13.3. The first kappa shape index (κ1) is 13.2. The third-order valence-electron chi connectivity index (χ3n) is 2.71. The molecule has 1 nitrogen and oxygen atoms in total. The normalized spacial score (nSPS) is 12.5. The van der Waals surface area contributed by atoms with Gasteiger partial charge in [-0.15, -0.1) is 0 Å². The lowest BCUT2D eigenvalue weighted by molar-refractivity contribution is 0.214. The summed E-state index contributed by atoms with van der Waals surface area (Å²) in [5.74, 6) is -0.899. The Hall–Kier alpha value is -1.26. The highest BCUT2D eigenvalue weighted by atomic mass is 79.9. The molecule has 0 spiro atoms. The van der Waals surface area contributed by atoms with Gasteiger partial charge in [-0.3, -0.25) is 0 Å². The third kappa shape index (κ3) is 2.60. The zero-order valence-electron chi connectivity index (χ0n) is 9.62. The van der Waals surface area contributed by atoms with Crippen molar-refractivity contribution in [3.63, 3.8) is 0 Å². The predicted octanol–water partition coefficient (Wildman–Crippen LogP) is 4.12. The minimum atomic E-state index is -1.11. The lowest BCUT2D eigenvalue weighted by Crippen LogP contribution is -2.03. The van der Waals surface area contributed by atoms with Crippen LogP contribution in [0.1, 0.15) is 22.8 Å². The van der Waals surface area contributed by atoms with Crippen molar-refractivity contribution in [2.24, 2.45) is 0 Å². The van der Waals surface area contributed by atoms with Crippen LogP contribution in [-0.2, 0) is 0 Å². The summed E-state index contributed by atoms with van der Waals surface area (Å²) in [5, 5.41) is 10.1. The maximum Gasteiger partial charge on any atom is 0.137 e. The van der Waals surface area contributed by atoms with E-state index >= 15 is 0 Å². The molecular weight excluding hydrogens is 302 g/mol. The van der Waals surface area contributed by atoms with Crippen LogP contribution in [0, 0.1) is 18.6 Å². The molecule has 0 aliphatic heterocycles. The van der Waals surface area contributed by atoms with Gasteiger partial charge in [0.2, 0.25) is 0 Å². The molecule has 0 aliphatic rings. The molecule has 0 aromatic heterocycles. The minimum absolute atomic E-state index is 0.188. The number of hydrogen-bond acceptors (Lipinski definition) is 1. The van der Waals surface area contributed by atoms with Gasteiger partial charge < -0.3 is 5.11 Å². The van der Waals surface area contributed by atoms with Crippen LogP contribution in [0.3, 0.4) is 0 Å². The summed E-state index contributed by atoms with van der Waals surface area (Å²) in [6, 6.07) is 8.64. The number of aryl methyl sites for hydroxylation is 1. The van der Waals surface area contributed by atoms with Crippen molar-refractivity contribution < 1.29 is 13.9 Å². The number of aliphatic hydroxyl groups is 1. The molecule has 0 saturated carbocycles. The van der Waals surface area contributed by atoms with Crippen LogP contribution in [0.5, 0.6) is 0 Å². The van der Waals surface area contributed by atoms with Crippen LogP contribution >= 0.6 is 15.9 Å². The average Bonchev–Trinajstić information content (AvgIpc) is 2.35. The predicted molar refractivity (Wildman–Crippen MR) is 69.3 cm³/mol. The molecule has 1 unspecified atom stereocenters. The van der Waals surface area contributed by atoms with Gasteiger partial charge in [0.1, 0.15) is 17.7 Å². The van der Waals surface area contributed by atoms with Gasteiger partial charge in [-0.1, -0.05) is 23.8 Å². The number of halogens is 3. The summed E-state index contributed by atoms with van der Waals surface area (Å²) >= 11 is 3.04. The van der Waals surface area contributed by atoms with E-state index in [4.69, 9.17) is 0 Å². The van der Waals surface area contributed by atoms with Crippen LogP contribution in [0.4, 0.5) is 8.78 Å². The Labute approximate surface area is 112 Å². The summed E-state index contributed by atoms with van der Waals surface area (Å²) in [4.78, 5) is 0. The molecule has 0 amide bonds. The van der Waals surface area contributed by atoms with Gasteiger partial charge in [0, 0.05) is 5.56 Å². The molecule has 2 aromatic rings. The number of aliphatic hydroxyl groups excluding tert-OH is 1. The van der Waals surface area contributed by atoms with Crippen LogP contribution in [0.2, 0.25) is 0 Å². The molecule has 4 heteroatoms. The van der Waals surface area contributed by atoms with Crippen LogP contribution in [0.15, 0.2) is 40.9 Å². The van der Waals surface area contributed by atoms with E-state index < -0.39 is 17.7 Å².